The van der Waals surface area contributed by atoms with Gasteiger partial charge in [0.1, 0.15) is 36.4 Å². The van der Waals surface area contributed by atoms with E-state index in [1.165, 1.54) is 0 Å². The second kappa shape index (κ2) is 25.1. The summed E-state index contributed by atoms with van der Waals surface area (Å²) in [4.78, 5) is 86.3. The van der Waals surface area contributed by atoms with Gasteiger partial charge in [0.15, 0.2) is 22.9 Å². The van der Waals surface area contributed by atoms with Crippen LogP contribution in [0.25, 0.3) is 27.9 Å². The van der Waals surface area contributed by atoms with Gasteiger partial charge >= 0.3 is 15.6 Å². The number of nitrogens with two attached hydrogens (primary N) is 1. The van der Waals surface area contributed by atoms with Gasteiger partial charge in [0.05, 0.1) is 31.1 Å². The third kappa shape index (κ3) is 13.6. The lowest BCUT2D eigenvalue weighted by atomic mass is 9.83. The summed E-state index contributed by atoms with van der Waals surface area (Å²) in [6.07, 6.45) is 1.21. The molecule has 7 atom stereocenters. The van der Waals surface area contributed by atoms with Crippen LogP contribution in [0.1, 0.15) is 133 Å². The van der Waals surface area contributed by atoms with E-state index in [-0.39, 0.29) is 52.8 Å². The molecule has 4 aliphatic heterocycles. The second-order valence-electron chi connectivity index (χ2n) is 22.8. The Morgan fingerprint density at radius 1 is 0.895 bits per heavy atom. The lowest BCUT2D eigenvalue weighted by molar-refractivity contribution is -0.218. The number of imidazole rings is 1. The van der Waals surface area contributed by atoms with Gasteiger partial charge in [-0.2, -0.15) is 9.29 Å². The number of aliphatic hydroxyl groups is 2. The Morgan fingerprint density at radius 2 is 1.62 bits per heavy atom. The fourth-order valence-corrected chi connectivity index (χ4v) is 15.4. The zero-order valence-corrected chi connectivity index (χ0v) is 52.0. The molecule has 29 heteroatoms. The molecule has 2 amide bonds. The highest BCUT2D eigenvalue weighted by Crippen LogP contribution is 2.66. The fraction of sp³-hybridized carbons (Fsp3) is 0.474. The minimum atomic E-state index is -5.90. The smallest absolute Gasteiger partial charge is 0.487 e. The van der Waals surface area contributed by atoms with E-state index < -0.39 is 66.8 Å². The van der Waals surface area contributed by atoms with Crippen molar-refractivity contribution in [2.24, 2.45) is 0 Å². The number of phosphoric acid groups is 3. The predicted molar refractivity (Wildman–Crippen MR) is 318 cm³/mol. The lowest BCUT2D eigenvalue weighted by Crippen LogP contribution is -2.49. The number of nitrogens with zero attached hydrogens (tertiary/aromatic N) is 6. The number of carbonyl (C=O) groups excluding carboxylic acids is 2. The zero-order valence-electron chi connectivity index (χ0n) is 49.3. The number of nitrogen functional groups attached to an aromatic ring is 1. The topological polar surface area (TPSA) is 356 Å². The van der Waals surface area contributed by atoms with Crippen LogP contribution in [0.3, 0.4) is 0 Å². The molecule has 4 aliphatic rings. The molecule has 0 radical (unpaired) electrons. The molecule has 3 aromatic carbocycles. The Morgan fingerprint density at radius 3 is 2.35 bits per heavy atom. The number of amides is 2. The van der Waals surface area contributed by atoms with E-state index in [0.717, 1.165) is 79.2 Å². The van der Waals surface area contributed by atoms with Crippen molar-refractivity contribution in [3.63, 3.8) is 0 Å². The Labute approximate surface area is 496 Å². The molecular weight excluding hydrogens is 1180 g/mol. The van der Waals surface area contributed by atoms with Crippen LogP contribution in [0.5, 0.6) is 11.5 Å². The first-order chi connectivity index (χ1) is 40.4. The van der Waals surface area contributed by atoms with E-state index in [1.54, 1.807) is 11.9 Å². The van der Waals surface area contributed by atoms with Crippen molar-refractivity contribution in [2.45, 2.75) is 130 Å². The molecule has 0 spiro atoms. The number of aromatic nitrogens is 4. The van der Waals surface area contributed by atoms with Gasteiger partial charge in [-0.3, -0.25) is 33.0 Å². The number of fused-ring (bicyclic) bond motifs is 5. The quantitative estimate of drug-likeness (QED) is 0.0227. The Balaban J connectivity index is 0.744. The van der Waals surface area contributed by atoms with Crippen LogP contribution in [0.4, 0.5) is 11.6 Å². The lowest BCUT2D eigenvalue weighted by Gasteiger charge is -2.43. The molecule has 26 nitrogen and oxygen atoms in total. The van der Waals surface area contributed by atoms with Crippen LogP contribution < -0.4 is 46.3 Å². The molecule has 9 rings (SSSR count). The molecular formula is C57H74N9O17P3. The van der Waals surface area contributed by atoms with Crippen molar-refractivity contribution in [2.75, 3.05) is 57.1 Å². The van der Waals surface area contributed by atoms with Gasteiger partial charge in [0.25, 0.3) is 19.3 Å². The first kappa shape index (κ1) is 64.3. The SMILES string of the molecule is CCN1c2cc3c(cc2C(C)=CC1(C)C)C(c1ccccc1C(=O)N(C)CCCC(=O)NCCCCCCOP(=O)([O-])OP(=O)(O)OP(=O)(O)OC[C@H]1O[C@@H](n2cnc4c(=O)[nH]c(N)nc42)[C@H](O)[C@@H]1O)=c1cc2c(cc1O3)=[N+](CC)C(C)(C)C=C2C. The van der Waals surface area contributed by atoms with E-state index >= 15 is 0 Å². The molecule has 3 unspecified atom stereocenters. The third-order valence-corrected chi connectivity index (χ3v) is 20.0. The summed E-state index contributed by atoms with van der Waals surface area (Å²) in [5.74, 6) is 0.706. The number of aromatic amines is 1. The molecule has 8 N–H and O–H groups in total. The molecule has 86 heavy (non-hydrogen) atoms. The first-order valence-corrected chi connectivity index (χ1v) is 32.8. The van der Waals surface area contributed by atoms with Crippen LogP contribution in [-0.2, 0) is 40.9 Å². The normalized spacial score (nSPS) is 21.4. The van der Waals surface area contributed by atoms with Crippen molar-refractivity contribution in [1.29, 1.82) is 0 Å². The molecule has 0 saturated carbocycles. The zero-order chi connectivity index (χ0) is 62.4. The van der Waals surface area contributed by atoms with Crippen molar-refractivity contribution < 1.29 is 75.3 Å². The van der Waals surface area contributed by atoms with Gasteiger partial charge in [-0.1, -0.05) is 37.1 Å². The summed E-state index contributed by atoms with van der Waals surface area (Å²) in [5, 5.41) is 26.0. The van der Waals surface area contributed by atoms with Gasteiger partial charge in [0, 0.05) is 91.7 Å². The summed E-state index contributed by atoms with van der Waals surface area (Å²) in [7, 11) is -15.4. The molecule has 1 fully saturated rings. The number of hydrogen-bond donors (Lipinski definition) is 7. The van der Waals surface area contributed by atoms with Crippen LogP contribution in [0.15, 0.2) is 71.8 Å². The number of unbranched alkanes of at least 4 members (excludes halogenated alkanes) is 3. The summed E-state index contributed by atoms with van der Waals surface area (Å²) >= 11 is 0. The second-order valence-corrected chi connectivity index (χ2v) is 27.4. The average molecular weight is 1250 g/mol. The number of hydrogen-bond acceptors (Lipinski definition) is 19. The molecule has 0 bridgehead atoms. The van der Waals surface area contributed by atoms with Gasteiger partial charge in [-0.05, 0) is 102 Å². The third-order valence-electron chi connectivity index (χ3n) is 15.7. The Bertz CT molecular complexity index is 3900. The van der Waals surface area contributed by atoms with Crippen molar-refractivity contribution in [3.8, 4) is 11.5 Å². The monoisotopic (exact) mass is 1250 g/mol. The number of ether oxygens (including phenoxy) is 2. The number of anilines is 2. The molecule has 1 saturated heterocycles. The van der Waals surface area contributed by atoms with E-state index in [2.05, 4.69) is 139 Å². The van der Waals surface area contributed by atoms with Crippen molar-refractivity contribution >= 4 is 74.8 Å². The number of phosphoric ester groups is 2. The molecule has 2 aromatic heterocycles. The molecule has 464 valence electrons. The van der Waals surface area contributed by atoms with Crippen LogP contribution in [0, 0.1) is 0 Å². The Hall–Kier alpha value is -6.21. The summed E-state index contributed by atoms with van der Waals surface area (Å²) < 4.78 is 70.9. The van der Waals surface area contributed by atoms with E-state index in [9.17, 15) is 53.0 Å². The maximum absolute atomic E-state index is 14.6. The van der Waals surface area contributed by atoms with E-state index in [1.807, 2.05) is 24.3 Å². The highest BCUT2D eigenvalue weighted by Gasteiger charge is 2.47. The van der Waals surface area contributed by atoms with Gasteiger partial charge in [0.2, 0.25) is 17.2 Å². The van der Waals surface area contributed by atoms with Crippen molar-refractivity contribution in [1.82, 2.24) is 34.3 Å². The van der Waals surface area contributed by atoms with E-state index in [4.69, 9.17) is 15.2 Å². The Kier molecular flexibility index (Phi) is 18.8. The number of rotatable bonds is 24. The standard InChI is InChI=1S/C57H74N9O17P3/c1-10-65-41-27-43-39(25-37(41)33(3)29-56(65,5)6)47(40-26-38-34(4)30-57(7,8)66(11-2)42(38)28-44(40)80-43)35-19-14-15-20-36(35)53(71)63(9)23-18-21-46(67)59-22-16-12-13-17-24-78-84(72,73)82-86(76,77)83-85(74,75)79-31-45-49(68)50(69)54(81-45)64-32-60-48-51(64)61-55(58)62-52(48)70/h14-15,19-20,25-30,32,45,49-50,54,68-69H,10-13,16-18,21-24,31H2,1-9H3,(H6-,58,59,61,62,67,70,72,73,74,75,76,77)/t45-,49-,50-,54-/m1/s1. The highest BCUT2D eigenvalue weighted by molar-refractivity contribution is 7.66. The predicted octanol–water partition coefficient (Wildman–Crippen LogP) is 5.37. The maximum atomic E-state index is 14.6. The molecule has 6 heterocycles. The number of benzene rings is 3. The number of aliphatic hydroxyl groups excluding tert-OH is 2. The minimum absolute atomic E-state index is 0.130. The van der Waals surface area contributed by atoms with Gasteiger partial charge in [-0.25, -0.2) is 23.0 Å². The minimum Gasteiger partial charge on any atom is -0.756 e. The molecule has 5 aromatic rings. The fourth-order valence-electron chi connectivity index (χ4n) is 11.9. The number of likely N-dealkylation sites (N-methyl/N-ethyl adjacent to an activating group) is 2. The highest BCUT2D eigenvalue weighted by atomic mass is 31.3. The van der Waals surface area contributed by atoms with Crippen LogP contribution >= 0.6 is 23.5 Å². The largest absolute Gasteiger partial charge is 0.756 e. The summed E-state index contributed by atoms with van der Waals surface area (Å²) in [5.41, 5.74) is 12.8. The number of nitrogens with one attached hydrogen (secondary N) is 2. The number of carbonyl (C=O) groups is 2. The van der Waals surface area contributed by atoms with Crippen LogP contribution in [0.2, 0.25) is 0 Å². The van der Waals surface area contributed by atoms with E-state index in [0.29, 0.717) is 55.8 Å². The molecule has 0 aliphatic carbocycles. The first-order valence-electron chi connectivity index (χ1n) is 28.4. The number of allylic oxidation sites excluding steroid dienone is 2. The number of H-pyrrole nitrogens is 1. The van der Waals surface area contributed by atoms with Crippen molar-refractivity contribution in [3.05, 3.63) is 116 Å². The average Bonchev–Trinajstić information content (AvgIpc) is 0.948. The summed E-state index contributed by atoms with van der Waals surface area (Å²) in [6, 6.07) is 16.4. The van der Waals surface area contributed by atoms with Gasteiger partial charge < -0.3 is 59.7 Å². The summed E-state index contributed by atoms with van der Waals surface area (Å²) in [6.45, 7) is 18.1. The maximum Gasteiger partial charge on any atom is 0.487 e. The van der Waals surface area contributed by atoms with Gasteiger partial charge in [-0.15, -0.1) is 0 Å². The van der Waals surface area contributed by atoms with Crippen LogP contribution in [-0.4, -0.2) is 132 Å².